The quantitative estimate of drug-likeness (QED) is 0.670. The first-order valence-electron chi connectivity index (χ1n) is 5.91. The number of rotatable bonds is 2. The summed E-state index contributed by atoms with van der Waals surface area (Å²) in [5.74, 6) is 0. The fraction of sp³-hybridized carbons (Fsp3) is 0.176. The normalized spacial score (nSPS) is 10.3. The molecule has 0 radical (unpaired) electrons. The molecule has 2 aromatic carbocycles. The van der Waals surface area contributed by atoms with Gasteiger partial charge in [0.2, 0.25) is 0 Å². The van der Waals surface area contributed by atoms with Gasteiger partial charge in [-0.25, -0.2) is 0 Å². The predicted molar refractivity (Wildman–Crippen MR) is 76.1 cm³/mol. The fourth-order valence-electron chi connectivity index (χ4n) is 1.99. The van der Waals surface area contributed by atoms with Crippen LogP contribution in [-0.4, -0.2) is 0 Å². The van der Waals surface area contributed by atoms with E-state index < -0.39 is 0 Å². The van der Waals surface area contributed by atoms with Gasteiger partial charge in [-0.05, 0) is 43.0 Å². The van der Waals surface area contributed by atoms with E-state index in [-0.39, 0.29) is 0 Å². The van der Waals surface area contributed by atoms with E-state index in [1.165, 1.54) is 27.8 Å². The number of hydrogen-bond donors (Lipinski definition) is 0. The summed E-state index contributed by atoms with van der Waals surface area (Å²) >= 11 is 0. The maximum Gasteiger partial charge on any atom is -0.0154 e. The third kappa shape index (κ3) is 2.47. The highest BCUT2D eigenvalue weighted by molar-refractivity contribution is 5.71. The molecule has 0 aromatic heterocycles. The lowest BCUT2D eigenvalue weighted by Crippen LogP contribution is -1.86. The van der Waals surface area contributed by atoms with Crippen molar-refractivity contribution in [3.63, 3.8) is 0 Å². The van der Waals surface area contributed by atoms with E-state index in [0.29, 0.717) is 0 Å². The minimum atomic E-state index is 1.11. The second-order valence-corrected chi connectivity index (χ2v) is 4.68. The van der Waals surface area contributed by atoms with Crippen molar-refractivity contribution in [2.24, 2.45) is 0 Å². The highest BCUT2D eigenvalue weighted by Crippen LogP contribution is 2.26. The number of hydrogen-bond acceptors (Lipinski definition) is 0. The van der Waals surface area contributed by atoms with Gasteiger partial charge in [-0.1, -0.05) is 60.2 Å². The van der Waals surface area contributed by atoms with Gasteiger partial charge in [0.15, 0.2) is 0 Å². The first-order chi connectivity index (χ1) is 8.08. The van der Waals surface area contributed by atoms with E-state index >= 15 is 0 Å². The van der Waals surface area contributed by atoms with Crippen molar-refractivity contribution in [1.82, 2.24) is 0 Å². The highest BCUT2D eigenvalue weighted by Gasteiger charge is 2.03. The van der Waals surface area contributed by atoms with Crippen LogP contribution in [-0.2, 0) is 0 Å². The first kappa shape index (κ1) is 11.7. The smallest absolute Gasteiger partial charge is 0.0154 e. The molecule has 0 atom stereocenters. The van der Waals surface area contributed by atoms with Crippen LogP contribution in [0.4, 0.5) is 0 Å². The minimum Gasteiger partial charge on any atom is -0.0955 e. The van der Waals surface area contributed by atoms with Gasteiger partial charge in [-0.15, -0.1) is 0 Å². The molecule has 0 aliphatic heterocycles. The highest BCUT2D eigenvalue weighted by atomic mass is 14.1. The summed E-state index contributed by atoms with van der Waals surface area (Å²) in [5.41, 5.74) is 7.51. The lowest BCUT2D eigenvalue weighted by molar-refractivity contribution is 1.41. The van der Waals surface area contributed by atoms with Crippen LogP contribution >= 0.6 is 0 Å². The van der Waals surface area contributed by atoms with Crippen molar-refractivity contribution in [3.05, 3.63) is 65.7 Å². The Balaban J connectivity index is 2.46. The molecule has 0 N–H and O–H groups in total. The summed E-state index contributed by atoms with van der Waals surface area (Å²) in [6.45, 7) is 10.3. The Hall–Kier alpha value is -1.82. The van der Waals surface area contributed by atoms with Crippen LogP contribution in [0, 0.1) is 13.8 Å². The Morgan fingerprint density at radius 1 is 0.941 bits per heavy atom. The molecule has 86 valence electrons. The van der Waals surface area contributed by atoms with Gasteiger partial charge in [0, 0.05) is 0 Å². The van der Waals surface area contributed by atoms with E-state index in [0.717, 1.165) is 5.57 Å². The standard InChI is InChI=1S/C17H18/c1-12(2)16-9-10-17(14(4)11-16)15-7-5-13(3)6-8-15/h5-11H,1H2,2-4H3. The Morgan fingerprint density at radius 2 is 1.59 bits per heavy atom. The summed E-state index contributed by atoms with van der Waals surface area (Å²) in [7, 11) is 0. The Bertz CT molecular complexity index is 545. The van der Waals surface area contributed by atoms with Gasteiger partial charge in [0.25, 0.3) is 0 Å². The zero-order chi connectivity index (χ0) is 12.4. The topological polar surface area (TPSA) is 0 Å². The van der Waals surface area contributed by atoms with Gasteiger partial charge in [-0.3, -0.25) is 0 Å². The van der Waals surface area contributed by atoms with Crippen molar-refractivity contribution in [1.29, 1.82) is 0 Å². The third-order valence-corrected chi connectivity index (χ3v) is 3.08. The molecule has 0 spiro atoms. The molecule has 0 saturated carbocycles. The zero-order valence-corrected chi connectivity index (χ0v) is 10.7. The molecule has 2 aromatic rings. The van der Waals surface area contributed by atoms with Crippen LogP contribution in [0.3, 0.4) is 0 Å². The molecule has 0 nitrogen and oxygen atoms in total. The predicted octanol–water partition coefficient (Wildman–Crippen LogP) is 5.00. The van der Waals surface area contributed by atoms with Crippen LogP contribution in [0.25, 0.3) is 16.7 Å². The molecular weight excluding hydrogens is 204 g/mol. The van der Waals surface area contributed by atoms with Crippen LogP contribution in [0.1, 0.15) is 23.6 Å². The van der Waals surface area contributed by atoms with Crippen LogP contribution in [0.5, 0.6) is 0 Å². The van der Waals surface area contributed by atoms with Gasteiger partial charge in [0.1, 0.15) is 0 Å². The molecule has 0 heterocycles. The second kappa shape index (κ2) is 4.58. The van der Waals surface area contributed by atoms with Crippen molar-refractivity contribution >= 4 is 5.57 Å². The van der Waals surface area contributed by atoms with E-state index in [1.807, 2.05) is 6.92 Å². The molecule has 17 heavy (non-hydrogen) atoms. The Kier molecular flexibility index (Phi) is 3.14. The van der Waals surface area contributed by atoms with Gasteiger partial charge < -0.3 is 0 Å². The Morgan fingerprint density at radius 3 is 2.12 bits per heavy atom. The van der Waals surface area contributed by atoms with E-state index in [9.17, 15) is 0 Å². The summed E-state index contributed by atoms with van der Waals surface area (Å²) in [4.78, 5) is 0. The van der Waals surface area contributed by atoms with Crippen molar-refractivity contribution in [2.45, 2.75) is 20.8 Å². The average molecular weight is 222 g/mol. The largest absolute Gasteiger partial charge is 0.0955 e. The zero-order valence-electron chi connectivity index (χ0n) is 10.7. The maximum absolute atomic E-state index is 3.98. The molecule has 0 saturated heterocycles. The fourth-order valence-corrected chi connectivity index (χ4v) is 1.99. The summed E-state index contributed by atoms with van der Waals surface area (Å²) < 4.78 is 0. The Labute approximate surface area is 104 Å². The van der Waals surface area contributed by atoms with Crippen molar-refractivity contribution in [2.75, 3.05) is 0 Å². The minimum absolute atomic E-state index is 1.11. The van der Waals surface area contributed by atoms with Crippen molar-refractivity contribution < 1.29 is 0 Å². The maximum atomic E-state index is 3.98. The lowest BCUT2D eigenvalue weighted by atomic mass is 9.96. The molecule has 0 fully saturated rings. The molecule has 0 heteroatoms. The summed E-state index contributed by atoms with van der Waals surface area (Å²) in [6, 6.07) is 15.2. The summed E-state index contributed by atoms with van der Waals surface area (Å²) in [5, 5.41) is 0. The molecule has 0 aliphatic rings. The lowest BCUT2D eigenvalue weighted by Gasteiger charge is -2.09. The van der Waals surface area contributed by atoms with Crippen LogP contribution in [0.15, 0.2) is 49.0 Å². The third-order valence-electron chi connectivity index (χ3n) is 3.08. The average Bonchev–Trinajstić information content (AvgIpc) is 2.30. The van der Waals surface area contributed by atoms with Gasteiger partial charge in [-0.2, -0.15) is 0 Å². The molecular formula is C17H18. The number of benzene rings is 2. The van der Waals surface area contributed by atoms with E-state index in [4.69, 9.17) is 0 Å². The first-order valence-corrected chi connectivity index (χ1v) is 5.91. The van der Waals surface area contributed by atoms with Gasteiger partial charge >= 0.3 is 0 Å². The molecule has 2 rings (SSSR count). The molecule has 0 bridgehead atoms. The van der Waals surface area contributed by atoms with Crippen LogP contribution in [0.2, 0.25) is 0 Å². The second-order valence-electron chi connectivity index (χ2n) is 4.68. The SMILES string of the molecule is C=C(C)c1ccc(-c2ccc(C)cc2)c(C)c1. The number of allylic oxidation sites excluding steroid dienone is 1. The molecule has 0 amide bonds. The van der Waals surface area contributed by atoms with E-state index in [1.54, 1.807) is 0 Å². The van der Waals surface area contributed by atoms with Crippen molar-refractivity contribution in [3.8, 4) is 11.1 Å². The number of aryl methyl sites for hydroxylation is 2. The molecule has 0 unspecified atom stereocenters. The van der Waals surface area contributed by atoms with E-state index in [2.05, 4.69) is 62.9 Å². The van der Waals surface area contributed by atoms with Gasteiger partial charge in [0.05, 0.1) is 0 Å². The molecule has 0 aliphatic carbocycles. The monoisotopic (exact) mass is 222 g/mol. The summed E-state index contributed by atoms with van der Waals surface area (Å²) in [6.07, 6.45) is 0. The van der Waals surface area contributed by atoms with Crippen LogP contribution < -0.4 is 0 Å².